The van der Waals surface area contributed by atoms with Crippen LogP contribution in [0.3, 0.4) is 0 Å². The number of nitrogens with one attached hydrogen (secondary N) is 1. The number of hydrogen-bond donors (Lipinski definition) is 1. The zero-order valence-corrected chi connectivity index (χ0v) is 16.0. The molecule has 2 aliphatic heterocycles. The van der Waals surface area contributed by atoms with Crippen LogP contribution in [0, 0.1) is 18.3 Å². The van der Waals surface area contributed by atoms with E-state index in [1.165, 1.54) is 12.8 Å². The van der Waals surface area contributed by atoms with Gasteiger partial charge in [-0.15, -0.1) is 0 Å². The molecule has 0 radical (unpaired) electrons. The van der Waals surface area contributed by atoms with Crippen LogP contribution < -0.4 is 0 Å². The van der Waals surface area contributed by atoms with Crippen LogP contribution in [0.25, 0.3) is 10.9 Å². The summed E-state index contributed by atoms with van der Waals surface area (Å²) in [5.41, 5.74) is 2.33. The van der Waals surface area contributed by atoms with Crippen molar-refractivity contribution in [2.75, 3.05) is 26.2 Å². The molecule has 142 valence electrons. The molecule has 2 saturated heterocycles. The van der Waals surface area contributed by atoms with Gasteiger partial charge in [0.1, 0.15) is 5.69 Å². The van der Waals surface area contributed by atoms with Gasteiger partial charge >= 0.3 is 0 Å². The van der Waals surface area contributed by atoms with E-state index in [2.05, 4.69) is 9.88 Å². The average molecular weight is 365 g/mol. The number of rotatable bonds is 3. The van der Waals surface area contributed by atoms with Crippen molar-refractivity contribution in [2.24, 2.45) is 11.3 Å². The molecule has 1 aromatic carbocycles. The molecule has 1 unspecified atom stereocenters. The molecule has 1 aliphatic carbocycles. The summed E-state index contributed by atoms with van der Waals surface area (Å²) in [5.74, 6) is 1.05. The summed E-state index contributed by atoms with van der Waals surface area (Å²) in [7, 11) is 0. The summed E-state index contributed by atoms with van der Waals surface area (Å²) < 4.78 is 0. The van der Waals surface area contributed by atoms with E-state index in [9.17, 15) is 9.59 Å². The van der Waals surface area contributed by atoms with E-state index in [4.69, 9.17) is 0 Å². The van der Waals surface area contributed by atoms with Crippen LogP contribution >= 0.6 is 0 Å². The highest BCUT2D eigenvalue weighted by atomic mass is 16.2. The number of benzene rings is 1. The molecule has 3 heterocycles. The third-order valence-corrected chi connectivity index (χ3v) is 6.82. The Bertz CT molecular complexity index is 913. The molecule has 0 bridgehead atoms. The Morgan fingerprint density at radius 3 is 2.81 bits per heavy atom. The van der Waals surface area contributed by atoms with Crippen molar-refractivity contribution in [1.82, 2.24) is 14.8 Å². The fraction of sp³-hybridized carbons (Fsp3) is 0.545. The fourth-order valence-corrected chi connectivity index (χ4v) is 5.02. The summed E-state index contributed by atoms with van der Waals surface area (Å²) >= 11 is 0. The predicted octanol–water partition coefficient (Wildman–Crippen LogP) is 3.34. The van der Waals surface area contributed by atoms with Gasteiger partial charge in [0.25, 0.3) is 5.91 Å². The van der Waals surface area contributed by atoms with Gasteiger partial charge in [0, 0.05) is 37.1 Å². The number of piperidine rings is 1. The Hall–Kier alpha value is -2.30. The lowest BCUT2D eigenvalue weighted by Gasteiger charge is -2.39. The molecule has 2 aromatic rings. The molecule has 27 heavy (non-hydrogen) atoms. The predicted molar refractivity (Wildman–Crippen MR) is 105 cm³/mol. The van der Waals surface area contributed by atoms with Gasteiger partial charge in [-0.05, 0) is 56.6 Å². The second-order valence-corrected chi connectivity index (χ2v) is 8.73. The number of aryl methyl sites for hydroxylation is 1. The molecule has 2 amide bonds. The van der Waals surface area contributed by atoms with E-state index in [1.54, 1.807) is 0 Å². The average Bonchev–Trinajstić information content (AvgIpc) is 3.29. The van der Waals surface area contributed by atoms with Crippen LogP contribution in [0.5, 0.6) is 0 Å². The van der Waals surface area contributed by atoms with Crippen molar-refractivity contribution < 1.29 is 9.59 Å². The molecule has 1 saturated carbocycles. The molecule has 3 fully saturated rings. The Morgan fingerprint density at radius 1 is 1.22 bits per heavy atom. The maximum atomic E-state index is 13.2. The number of likely N-dealkylation sites (tertiary alicyclic amines) is 2. The summed E-state index contributed by atoms with van der Waals surface area (Å²) in [6, 6.07) is 8.03. The van der Waals surface area contributed by atoms with Crippen LogP contribution in [0.2, 0.25) is 0 Å². The minimum atomic E-state index is -0.345. The number of nitrogens with zero attached hydrogens (tertiary/aromatic N) is 2. The van der Waals surface area contributed by atoms with E-state index in [1.807, 2.05) is 36.1 Å². The third-order valence-electron chi connectivity index (χ3n) is 6.82. The lowest BCUT2D eigenvalue weighted by Crippen LogP contribution is -2.51. The normalized spacial score (nSPS) is 25.7. The number of aromatic amines is 1. The van der Waals surface area contributed by atoms with Gasteiger partial charge in [-0.25, -0.2) is 0 Å². The second kappa shape index (κ2) is 6.11. The molecular weight excluding hydrogens is 338 g/mol. The largest absolute Gasteiger partial charge is 0.350 e. The maximum Gasteiger partial charge on any atom is 0.270 e. The van der Waals surface area contributed by atoms with E-state index in [0.717, 1.165) is 54.7 Å². The van der Waals surface area contributed by atoms with Crippen molar-refractivity contribution in [3.63, 3.8) is 0 Å². The van der Waals surface area contributed by atoms with Crippen LogP contribution in [-0.2, 0) is 4.79 Å². The Morgan fingerprint density at radius 2 is 2.04 bits per heavy atom. The van der Waals surface area contributed by atoms with Crippen molar-refractivity contribution >= 4 is 22.7 Å². The monoisotopic (exact) mass is 365 g/mol. The van der Waals surface area contributed by atoms with Crippen LogP contribution in [0.15, 0.2) is 24.3 Å². The highest BCUT2D eigenvalue weighted by molar-refractivity contribution is 6.01. The van der Waals surface area contributed by atoms with E-state index < -0.39 is 0 Å². The summed E-state index contributed by atoms with van der Waals surface area (Å²) in [5, 5.41) is 1.10. The second-order valence-electron chi connectivity index (χ2n) is 8.73. The number of aromatic nitrogens is 1. The van der Waals surface area contributed by atoms with Gasteiger partial charge in [0.2, 0.25) is 5.91 Å². The summed E-state index contributed by atoms with van der Waals surface area (Å²) in [6.07, 6.45) is 5.31. The Balaban J connectivity index is 1.37. The van der Waals surface area contributed by atoms with Crippen LogP contribution in [0.4, 0.5) is 0 Å². The van der Waals surface area contributed by atoms with Crippen molar-refractivity contribution in [3.05, 3.63) is 35.5 Å². The van der Waals surface area contributed by atoms with Gasteiger partial charge in [0.15, 0.2) is 0 Å². The third kappa shape index (κ3) is 2.75. The number of carbonyl (C=O) groups excluding carboxylic acids is 2. The minimum Gasteiger partial charge on any atom is -0.350 e. The van der Waals surface area contributed by atoms with E-state index in [0.29, 0.717) is 24.7 Å². The number of carbonyl (C=O) groups is 2. The van der Waals surface area contributed by atoms with Crippen LogP contribution in [-0.4, -0.2) is 52.8 Å². The van der Waals surface area contributed by atoms with Crippen LogP contribution in [0.1, 0.15) is 48.2 Å². The number of hydrogen-bond acceptors (Lipinski definition) is 2. The van der Waals surface area contributed by atoms with Gasteiger partial charge < -0.3 is 14.8 Å². The van der Waals surface area contributed by atoms with Crippen molar-refractivity contribution in [2.45, 2.75) is 39.0 Å². The number of para-hydroxylation sites is 1. The zero-order chi connectivity index (χ0) is 18.6. The first-order valence-electron chi connectivity index (χ1n) is 10.2. The molecule has 1 aromatic heterocycles. The maximum absolute atomic E-state index is 13.2. The highest BCUT2D eigenvalue weighted by Gasteiger charge is 2.50. The topological polar surface area (TPSA) is 56.4 Å². The number of fused-ring (bicyclic) bond motifs is 1. The fourth-order valence-electron chi connectivity index (χ4n) is 5.02. The standard InChI is InChI=1S/C22H27N3O2/c1-15-17-5-2-3-6-18(17)23-19(15)20(26)25-12-10-22(14-25)9-4-11-24(21(22)27)13-16-7-8-16/h2-3,5-6,16,23H,4,7-14H2,1H3. The van der Waals surface area contributed by atoms with E-state index in [-0.39, 0.29) is 11.3 Å². The number of H-pyrrole nitrogens is 1. The molecule has 5 nitrogen and oxygen atoms in total. The highest BCUT2D eigenvalue weighted by Crippen LogP contribution is 2.42. The smallest absolute Gasteiger partial charge is 0.270 e. The Kier molecular flexibility index (Phi) is 3.81. The van der Waals surface area contributed by atoms with Crippen molar-refractivity contribution in [1.29, 1.82) is 0 Å². The molecule has 5 heteroatoms. The van der Waals surface area contributed by atoms with Gasteiger partial charge in [-0.2, -0.15) is 0 Å². The Labute approximate surface area is 159 Å². The lowest BCUT2D eigenvalue weighted by atomic mass is 9.78. The molecule has 1 spiro atoms. The minimum absolute atomic E-state index is 0.0349. The first kappa shape index (κ1) is 16.8. The first-order chi connectivity index (χ1) is 13.1. The van der Waals surface area contributed by atoms with Gasteiger partial charge in [0.05, 0.1) is 5.41 Å². The van der Waals surface area contributed by atoms with Gasteiger partial charge in [-0.3, -0.25) is 9.59 Å². The SMILES string of the molecule is Cc1c(C(=O)N2CCC3(CCCN(CC4CC4)C3=O)C2)[nH]c2ccccc12. The zero-order valence-electron chi connectivity index (χ0n) is 16.0. The lowest BCUT2D eigenvalue weighted by molar-refractivity contribution is -0.145. The van der Waals surface area contributed by atoms with Gasteiger partial charge in [-0.1, -0.05) is 18.2 Å². The number of amides is 2. The first-order valence-corrected chi connectivity index (χ1v) is 10.2. The molecule has 1 N–H and O–H groups in total. The summed E-state index contributed by atoms with van der Waals surface area (Å²) in [4.78, 5) is 33.7. The summed E-state index contributed by atoms with van der Waals surface area (Å²) in [6.45, 7) is 5.07. The molecular formula is C22H27N3O2. The molecule has 5 rings (SSSR count). The van der Waals surface area contributed by atoms with Crippen molar-refractivity contribution in [3.8, 4) is 0 Å². The molecule has 3 aliphatic rings. The van der Waals surface area contributed by atoms with E-state index >= 15 is 0 Å². The quantitative estimate of drug-likeness (QED) is 0.907. The molecule has 1 atom stereocenters.